The third-order valence-corrected chi connectivity index (χ3v) is 2.37. The molecule has 0 radical (unpaired) electrons. The lowest BCUT2D eigenvalue weighted by Gasteiger charge is -2.34. The maximum atomic E-state index is 13.0. The molecule has 0 unspecified atom stereocenters. The van der Waals surface area contributed by atoms with Crippen molar-refractivity contribution >= 4 is 28.6 Å². The topological polar surface area (TPSA) is 75.6 Å². The SMILES string of the molecule is CC(Cl)=NOC(NC(=O)Nc1ccccn1)(C(F)(F)F)C(F)(F)F. The quantitative estimate of drug-likeness (QED) is 0.364. The standard InChI is InChI=1S/C11H9ClF6N4O2/c1-6(12)22-24-9(10(13,14)15,11(16,17)18)21-8(23)20-7-4-2-3-5-19-7/h2-5H,1H3,(H2,19,20,21,23). The van der Waals surface area contributed by atoms with Gasteiger partial charge < -0.3 is 4.84 Å². The number of halogens is 7. The van der Waals surface area contributed by atoms with Crippen molar-refractivity contribution in [2.45, 2.75) is 25.0 Å². The van der Waals surface area contributed by atoms with E-state index in [1.54, 1.807) is 5.32 Å². The van der Waals surface area contributed by atoms with E-state index in [0.29, 0.717) is 5.32 Å². The summed E-state index contributed by atoms with van der Waals surface area (Å²) in [5.41, 5.74) is -5.10. The molecule has 0 aliphatic carbocycles. The summed E-state index contributed by atoms with van der Waals surface area (Å²) in [6.45, 7) is 0.882. The average Bonchev–Trinajstić information content (AvgIpc) is 2.41. The van der Waals surface area contributed by atoms with Gasteiger partial charge in [0.25, 0.3) is 0 Å². The van der Waals surface area contributed by atoms with E-state index in [-0.39, 0.29) is 5.82 Å². The van der Waals surface area contributed by atoms with Crippen molar-refractivity contribution in [3.63, 3.8) is 0 Å². The Labute approximate surface area is 135 Å². The molecule has 1 aromatic rings. The van der Waals surface area contributed by atoms with Gasteiger partial charge in [0.15, 0.2) is 0 Å². The minimum Gasteiger partial charge on any atom is -0.346 e. The highest BCUT2D eigenvalue weighted by atomic mass is 35.5. The monoisotopic (exact) mass is 378 g/mol. The van der Waals surface area contributed by atoms with Crippen LogP contribution in [0.2, 0.25) is 0 Å². The van der Waals surface area contributed by atoms with E-state index in [1.165, 1.54) is 12.1 Å². The highest BCUT2D eigenvalue weighted by Crippen LogP contribution is 2.44. The van der Waals surface area contributed by atoms with Crippen molar-refractivity contribution in [3.8, 4) is 0 Å². The van der Waals surface area contributed by atoms with E-state index in [4.69, 9.17) is 11.6 Å². The van der Waals surface area contributed by atoms with E-state index in [1.807, 2.05) is 0 Å². The smallest absolute Gasteiger partial charge is 0.346 e. The van der Waals surface area contributed by atoms with Crippen molar-refractivity contribution in [1.82, 2.24) is 10.3 Å². The van der Waals surface area contributed by atoms with Gasteiger partial charge in [-0.05, 0) is 19.1 Å². The van der Waals surface area contributed by atoms with Crippen molar-refractivity contribution in [1.29, 1.82) is 0 Å². The molecule has 0 fully saturated rings. The molecule has 0 aliphatic heterocycles. The van der Waals surface area contributed by atoms with Crippen LogP contribution in [0.25, 0.3) is 0 Å². The molecule has 0 aliphatic rings. The van der Waals surface area contributed by atoms with Gasteiger partial charge in [-0.25, -0.2) is 9.78 Å². The number of rotatable bonds is 4. The van der Waals surface area contributed by atoms with Crippen LogP contribution < -0.4 is 10.6 Å². The van der Waals surface area contributed by atoms with Gasteiger partial charge in [-0.1, -0.05) is 22.8 Å². The minimum atomic E-state index is -6.09. The lowest BCUT2D eigenvalue weighted by molar-refractivity contribution is -0.388. The summed E-state index contributed by atoms with van der Waals surface area (Å²) in [5.74, 6) is -0.287. The second-order valence-electron chi connectivity index (χ2n) is 4.15. The maximum absolute atomic E-state index is 13.0. The van der Waals surface area contributed by atoms with Crippen molar-refractivity contribution in [3.05, 3.63) is 24.4 Å². The van der Waals surface area contributed by atoms with Gasteiger partial charge in [-0.15, -0.1) is 0 Å². The van der Waals surface area contributed by atoms with Gasteiger partial charge in [-0.3, -0.25) is 10.6 Å². The summed E-state index contributed by atoms with van der Waals surface area (Å²) >= 11 is 5.10. The Kier molecular flexibility index (Phi) is 5.87. The van der Waals surface area contributed by atoms with Crippen molar-refractivity contribution < 1.29 is 36.0 Å². The second-order valence-corrected chi connectivity index (χ2v) is 4.70. The largest absolute Gasteiger partial charge is 0.461 e. The molecule has 2 N–H and O–H groups in total. The van der Waals surface area contributed by atoms with E-state index >= 15 is 0 Å². The van der Waals surface area contributed by atoms with E-state index in [0.717, 1.165) is 19.2 Å². The van der Waals surface area contributed by atoms with Crippen LogP contribution in [-0.2, 0) is 4.84 Å². The Morgan fingerprint density at radius 3 is 2.21 bits per heavy atom. The number of urea groups is 1. The minimum absolute atomic E-state index is 0.287. The Morgan fingerprint density at radius 2 is 1.79 bits per heavy atom. The number of oxime groups is 1. The second kappa shape index (κ2) is 7.11. The third-order valence-electron chi connectivity index (χ3n) is 2.30. The summed E-state index contributed by atoms with van der Waals surface area (Å²) < 4.78 is 78.0. The first-order valence-electron chi connectivity index (χ1n) is 5.91. The van der Waals surface area contributed by atoms with Crippen LogP contribution in [0, 0.1) is 0 Å². The predicted molar refractivity (Wildman–Crippen MR) is 71.3 cm³/mol. The maximum Gasteiger partial charge on any atom is 0.461 e. The normalized spacial score (nSPS) is 13.4. The van der Waals surface area contributed by atoms with Crippen LogP contribution in [0.4, 0.5) is 37.0 Å². The Hall–Kier alpha value is -2.24. The fourth-order valence-corrected chi connectivity index (χ4v) is 1.34. The number of amides is 2. The summed E-state index contributed by atoms with van der Waals surface area (Å²) in [7, 11) is 0. The third kappa shape index (κ3) is 4.63. The molecule has 13 heteroatoms. The molecule has 6 nitrogen and oxygen atoms in total. The highest BCUT2D eigenvalue weighted by Gasteiger charge is 2.76. The molecule has 0 aromatic carbocycles. The number of alkyl halides is 6. The Morgan fingerprint density at radius 1 is 1.21 bits per heavy atom. The van der Waals surface area contributed by atoms with Gasteiger partial charge in [-0.2, -0.15) is 26.3 Å². The van der Waals surface area contributed by atoms with Crippen LogP contribution in [0.5, 0.6) is 0 Å². The molecular weight excluding hydrogens is 370 g/mol. The zero-order chi connectivity index (χ0) is 18.6. The highest BCUT2D eigenvalue weighted by molar-refractivity contribution is 6.64. The number of pyridine rings is 1. The first kappa shape index (κ1) is 19.8. The lowest BCUT2D eigenvalue weighted by atomic mass is 10.2. The zero-order valence-corrected chi connectivity index (χ0v) is 12.4. The van der Waals surface area contributed by atoms with Gasteiger partial charge in [0, 0.05) is 6.20 Å². The zero-order valence-electron chi connectivity index (χ0n) is 11.7. The number of aromatic nitrogens is 1. The average molecular weight is 379 g/mol. The van der Waals surface area contributed by atoms with Crippen molar-refractivity contribution in [2.75, 3.05) is 5.32 Å². The Bertz CT molecular complexity index is 587. The molecule has 2 amide bonds. The van der Waals surface area contributed by atoms with Gasteiger partial charge in [0.05, 0.1) is 0 Å². The first-order valence-corrected chi connectivity index (χ1v) is 6.29. The summed E-state index contributed by atoms with van der Waals surface area (Å²) in [5, 5.41) is 4.12. The number of carbonyl (C=O) groups is 1. The molecular formula is C11H9ClF6N4O2. The van der Waals surface area contributed by atoms with Crippen LogP contribution in [0.1, 0.15) is 6.92 Å². The van der Waals surface area contributed by atoms with Gasteiger partial charge in [0.2, 0.25) is 0 Å². The Balaban J connectivity index is 3.16. The first-order chi connectivity index (χ1) is 10.9. The number of hydrogen-bond donors (Lipinski definition) is 2. The molecule has 0 bridgehead atoms. The summed E-state index contributed by atoms with van der Waals surface area (Å²) in [6.07, 6.45) is -11.0. The number of hydrogen-bond acceptors (Lipinski definition) is 4. The molecule has 0 saturated carbocycles. The molecule has 134 valence electrons. The molecule has 0 atom stereocenters. The molecule has 1 aromatic heterocycles. The van der Waals surface area contributed by atoms with Crippen LogP contribution in [0.3, 0.4) is 0 Å². The number of nitrogens with one attached hydrogen (secondary N) is 2. The van der Waals surface area contributed by atoms with Crippen LogP contribution in [-0.4, -0.2) is 34.3 Å². The van der Waals surface area contributed by atoms with Gasteiger partial charge in [0.1, 0.15) is 11.0 Å². The van der Waals surface area contributed by atoms with E-state index in [9.17, 15) is 31.1 Å². The van der Waals surface area contributed by atoms with Crippen molar-refractivity contribution in [2.24, 2.45) is 5.16 Å². The number of carbonyl (C=O) groups excluding carboxylic acids is 1. The lowest BCUT2D eigenvalue weighted by Crippen LogP contribution is -2.69. The summed E-state index contributed by atoms with van der Waals surface area (Å²) in [4.78, 5) is 18.6. The summed E-state index contributed by atoms with van der Waals surface area (Å²) in [6, 6.07) is 2.04. The molecule has 1 rings (SSSR count). The fraction of sp³-hybridized carbons (Fsp3) is 0.364. The molecule has 1 heterocycles. The predicted octanol–water partition coefficient (Wildman–Crippen LogP) is 3.61. The number of nitrogens with zero attached hydrogens (tertiary/aromatic N) is 2. The van der Waals surface area contributed by atoms with E-state index in [2.05, 4.69) is 15.0 Å². The van der Waals surface area contributed by atoms with Gasteiger partial charge >= 0.3 is 24.1 Å². The molecule has 0 spiro atoms. The van der Waals surface area contributed by atoms with Crippen LogP contribution >= 0.6 is 11.6 Å². The van der Waals surface area contributed by atoms with Crippen LogP contribution in [0.15, 0.2) is 29.6 Å². The van der Waals surface area contributed by atoms with E-state index < -0.39 is 29.3 Å². The fourth-order valence-electron chi connectivity index (χ4n) is 1.30. The molecule has 0 saturated heterocycles. The molecule has 24 heavy (non-hydrogen) atoms. The number of anilines is 1.